The lowest BCUT2D eigenvalue weighted by Crippen LogP contribution is -2.39. The number of fused-ring (bicyclic) bond motifs is 2. The number of anilines is 1. The molecule has 1 fully saturated rings. The summed E-state index contributed by atoms with van der Waals surface area (Å²) in [5.74, 6) is 2.44. The van der Waals surface area contributed by atoms with Crippen molar-refractivity contribution in [3.63, 3.8) is 0 Å². The van der Waals surface area contributed by atoms with Crippen molar-refractivity contribution in [2.24, 2.45) is 0 Å². The van der Waals surface area contributed by atoms with Crippen LogP contribution >= 0.6 is 11.3 Å². The summed E-state index contributed by atoms with van der Waals surface area (Å²) >= 11 is 1.43. The first-order chi connectivity index (χ1) is 16.2. The standard InChI is InChI=1S/C22H28N6O4S/c1-30-15-6-7-16(31-2)19-18(15)23-22(33-19)28(10-4-8-26-11-13-32-14-12-26)21(29)20-25-24-17-5-3-9-27(17)20/h6-7H,3-5,8-14H2,1-2H3. The predicted octanol–water partition coefficient (Wildman–Crippen LogP) is 2.22. The number of thiazole rings is 1. The first-order valence-corrected chi connectivity index (χ1v) is 12.1. The van der Waals surface area contributed by atoms with Crippen LogP contribution in [0.1, 0.15) is 29.3 Å². The van der Waals surface area contributed by atoms with Gasteiger partial charge in [0.15, 0.2) is 5.13 Å². The Morgan fingerprint density at radius 1 is 1.15 bits per heavy atom. The fraction of sp³-hybridized carbons (Fsp3) is 0.545. The second-order valence-electron chi connectivity index (χ2n) is 8.10. The van der Waals surface area contributed by atoms with Gasteiger partial charge in [-0.05, 0) is 25.0 Å². The van der Waals surface area contributed by atoms with Gasteiger partial charge in [-0.15, -0.1) is 10.2 Å². The van der Waals surface area contributed by atoms with E-state index in [9.17, 15) is 4.79 Å². The first-order valence-electron chi connectivity index (χ1n) is 11.2. The zero-order valence-electron chi connectivity index (χ0n) is 19.0. The Kier molecular flexibility index (Phi) is 6.43. The number of aromatic nitrogens is 4. The van der Waals surface area contributed by atoms with Crippen molar-refractivity contribution in [1.29, 1.82) is 0 Å². The quantitative estimate of drug-likeness (QED) is 0.493. The number of benzene rings is 1. The molecule has 0 saturated carbocycles. The number of carbonyl (C=O) groups is 1. The smallest absolute Gasteiger partial charge is 0.298 e. The van der Waals surface area contributed by atoms with Gasteiger partial charge in [0.2, 0.25) is 5.82 Å². The van der Waals surface area contributed by atoms with Gasteiger partial charge in [0, 0.05) is 39.1 Å². The van der Waals surface area contributed by atoms with Crippen LogP contribution < -0.4 is 14.4 Å². The fourth-order valence-electron chi connectivity index (χ4n) is 4.38. The molecular formula is C22H28N6O4S. The van der Waals surface area contributed by atoms with Crippen LogP contribution in [0.15, 0.2) is 12.1 Å². The number of amides is 1. The molecule has 1 aromatic carbocycles. The Morgan fingerprint density at radius 2 is 1.94 bits per heavy atom. The number of hydrogen-bond acceptors (Lipinski definition) is 9. The van der Waals surface area contributed by atoms with Crippen molar-refractivity contribution in [2.45, 2.75) is 25.8 Å². The molecule has 2 aromatic heterocycles. The minimum Gasteiger partial charge on any atom is -0.495 e. The fourth-order valence-corrected chi connectivity index (χ4v) is 5.48. The second kappa shape index (κ2) is 9.62. The van der Waals surface area contributed by atoms with Crippen LogP contribution in [0.2, 0.25) is 0 Å². The lowest BCUT2D eigenvalue weighted by atomic mass is 10.3. The molecule has 0 unspecified atom stereocenters. The molecule has 4 heterocycles. The van der Waals surface area contributed by atoms with Gasteiger partial charge in [-0.2, -0.15) is 0 Å². The topological polar surface area (TPSA) is 94.8 Å². The van der Waals surface area contributed by atoms with Crippen LogP contribution in [0.25, 0.3) is 10.2 Å². The summed E-state index contributed by atoms with van der Waals surface area (Å²) in [5.41, 5.74) is 0.689. The van der Waals surface area contributed by atoms with Gasteiger partial charge < -0.3 is 18.8 Å². The third kappa shape index (κ3) is 4.28. The highest BCUT2D eigenvalue weighted by Gasteiger charge is 2.29. The van der Waals surface area contributed by atoms with Gasteiger partial charge in [0.05, 0.1) is 27.4 Å². The number of rotatable bonds is 8. The monoisotopic (exact) mass is 472 g/mol. The Balaban J connectivity index is 1.47. The summed E-state index contributed by atoms with van der Waals surface area (Å²) in [6.07, 6.45) is 2.65. The van der Waals surface area contributed by atoms with E-state index >= 15 is 0 Å². The van der Waals surface area contributed by atoms with Crippen LogP contribution in [0.5, 0.6) is 11.5 Å². The molecule has 0 radical (unpaired) electrons. The highest BCUT2D eigenvalue weighted by molar-refractivity contribution is 7.22. The maximum absolute atomic E-state index is 13.7. The van der Waals surface area contributed by atoms with E-state index in [1.165, 1.54) is 11.3 Å². The third-order valence-electron chi connectivity index (χ3n) is 6.14. The minimum absolute atomic E-state index is 0.172. The molecule has 0 aliphatic carbocycles. The van der Waals surface area contributed by atoms with Crippen molar-refractivity contribution in [2.75, 3.05) is 58.5 Å². The van der Waals surface area contributed by atoms with Gasteiger partial charge in [0.1, 0.15) is 27.5 Å². The van der Waals surface area contributed by atoms with E-state index in [0.717, 1.165) is 69.2 Å². The number of hydrogen-bond donors (Lipinski definition) is 0. The molecule has 0 spiro atoms. The molecule has 1 saturated heterocycles. The molecule has 176 valence electrons. The van der Waals surface area contributed by atoms with E-state index in [4.69, 9.17) is 19.2 Å². The Labute approximate surface area is 196 Å². The molecule has 3 aromatic rings. The summed E-state index contributed by atoms with van der Waals surface area (Å²) in [5, 5.41) is 9.06. The van der Waals surface area contributed by atoms with Gasteiger partial charge in [0.25, 0.3) is 5.91 Å². The Hall–Kier alpha value is -2.76. The highest BCUT2D eigenvalue weighted by Crippen LogP contribution is 2.40. The number of methoxy groups -OCH3 is 2. The number of nitrogens with zero attached hydrogens (tertiary/aromatic N) is 6. The molecule has 10 nitrogen and oxygen atoms in total. The third-order valence-corrected chi connectivity index (χ3v) is 7.23. The summed E-state index contributed by atoms with van der Waals surface area (Å²) in [6.45, 7) is 5.54. The van der Waals surface area contributed by atoms with Crippen LogP contribution in [-0.2, 0) is 17.7 Å². The van der Waals surface area contributed by atoms with E-state index < -0.39 is 0 Å². The summed E-state index contributed by atoms with van der Waals surface area (Å²) < 4.78 is 19.3. The summed E-state index contributed by atoms with van der Waals surface area (Å²) in [4.78, 5) is 22.6. The van der Waals surface area contributed by atoms with Crippen molar-refractivity contribution in [1.82, 2.24) is 24.6 Å². The van der Waals surface area contributed by atoms with Gasteiger partial charge in [-0.25, -0.2) is 4.98 Å². The normalized spacial score (nSPS) is 16.2. The number of carbonyl (C=O) groups excluding carboxylic acids is 1. The zero-order valence-corrected chi connectivity index (χ0v) is 19.8. The number of ether oxygens (including phenoxy) is 3. The van der Waals surface area contributed by atoms with Gasteiger partial charge in [-0.3, -0.25) is 14.6 Å². The Morgan fingerprint density at radius 3 is 2.73 bits per heavy atom. The van der Waals surface area contributed by atoms with Gasteiger partial charge >= 0.3 is 0 Å². The average molecular weight is 473 g/mol. The average Bonchev–Trinajstić information content (AvgIpc) is 3.57. The molecule has 0 atom stereocenters. The summed E-state index contributed by atoms with van der Waals surface area (Å²) in [6, 6.07) is 3.69. The maximum Gasteiger partial charge on any atom is 0.298 e. The van der Waals surface area contributed by atoms with Crippen molar-refractivity contribution in [3.8, 4) is 11.5 Å². The Bertz CT molecular complexity index is 1100. The second-order valence-corrected chi connectivity index (χ2v) is 9.08. The lowest BCUT2D eigenvalue weighted by Gasteiger charge is -2.27. The predicted molar refractivity (Wildman–Crippen MR) is 125 cm³/mol. The van der Waals surface area contributed by atoms with E-state index in [-0.39, 0.29) is 5.91 Å². The largest absolute Gasteiger partial charge is 0.495 e. The zero-order chi connectivity index (χ0) is 22.8. The molecule has 1 amide bonds. The molecule has 5 rings (SSSR count). The van der Waals surface area contributed by atoms with Crippen LogP contribution in [0.4, 0.5) is 5.13 Å². The lowest BCUT2D eigenvalue weighted by molar-refractivity contribution is 0.0376. The molecule has 11 heteroatoms. The maximum atomic E-state index is 13.7. The van der Waals surface area contributed by atoms with Gasteiger partial charge in [-0.1, -0.05) is 11.3 Å². The van der Waals surface area contributed by atoms with Crippen LogP contribution in [0.3, 0.4) is 0 Å². The molecule has 2 aliphatic rings. The van der Waals surface area contributed by atoms with Crippen molar-refractivity contribution < 1.29 is 19.0 Å². The minimum atomic E-state index is -0.172. The van der Waals surface area contributed by atoms with Crippen molar-refractivity contribution in [3.05, 3.63) is 23.8 Å². The SMILES string of the molecule is COc1ccc(OC)c2sc(N(CCCN3CCOCC3)C(=O)c3nnc4n3CCC4)nc12. The molecule has 2 aliphatic heterocycles. The number of aryl methyl sites for hydroxylation is 1. The molecule has 0 N–H and O–H groups in total. The van der Waals surface area contributed by atoms with E-state index in [0.29, 0.717) is 34.5 Å². The van der Waals surface area contributed by atoms with Crippen LogP contribution in [0, 0.1) is 0 Å². The highest BCUT2D eigenvalue weighted by atomic mass is 32.1. The van der Waals surface area contributed by atoms with E-state index in [2.05, 4.69) is 15.1 Å². The van der Waals surface area contributed by atoms with E-state index in [1.807, 2.05) is 16.7 Å². The number of morpholine rings is 1. The van der Waals surface area contributed by atoms with Crippen LogP contribution in [-0.4, -0.2) is 84.2 Å². The molecular weight excluding hydrogens is 444 g/mol. The first kappa shape index (κ1) is 22.1. The molecule has 0 bridgehead atoms. The summed E-state index contributed by atoms with van der Waals surface area (Å²) in [7, 11) is 3.25. The van der Waals surface area contributed by atoms with Crippen molar-refractivity contribution >= 4 is 32.6 Å². The molecule has 33 heavy (non-hydrogen) atoms. The van der Waals surface area contributed by atoms with E-state index in [1.54, 1.807) is 19.1 Å².